The summed E-state index contributed by atoms with van der Waals surface area (Å²) in [5, 5.41) is 0. The van der Waals surface area contributed by atoms with Crippen LogP contribution in [-0.4, -0.2) is 11.2 Å². The average molecular weight is 321 g/mol. The third-order valence-corrected chi connectivity index (χ3v) is 4.41. The van der Waals surface area contributed by atoms with Gasteiger partial charge >= 0.3 is 0 Å². The molecule has 0 radical (unpaired) electrons. The minimum Gasteiger partial charge on any atom is -0.488 e. The maximum absolute atomic E-state index is 5.91. The second-order valence-electron chi connectivity index (χ2n) is 5.36. The van der Waals surface area contributed by atoms with Crippen LogP contribution < -0.4 is 4.74 Å². The lowest BCUT2D eigenvalue weighted by atomic mass is 10.1. The first-order valence-corrected chi connectivity index (χ1v) is 8.76. The van der Waals surface area contributed by atoms with Gasteiger partial charge in [0, 0.05) is 22.2 Å². The van der Waals surface area contributed by atoms with Crippen molar-refractivity contribution in [1.29, 1.82) is 0 Å². The molecule has 0 saturated heterocycles. The van der Waals surface area contributed by atoms with Crippen LogP contribution in [0.3, 0.4) is 0 Å². The molecule has 116 valence electrons. The highest BCUT2D eigenvalue weighted by Gasteiger charge is 2.03. The summed E-state index contributed by atoms with van der Waals surface area (Å²) in [6.07, 6.45) is 3.94. The van der Waals surface area contributed by atoms with Crippen molar-refractivity contribution in [2.45, 2.75) is 18.4 Å². The van der Waals surface area contributed by atoms with Crippen LogP contribution in [-0.2, 0) is 6.61 Å². The molecule has 0 unspecified atom stereocenters. The Morgan fingerprint density at radius 1 is 0.957 bits per heavy atom. The monoisotopic (exact) mass is 321 g/mol. The van der Waals surface area contributed by atoms with Crippen molar-refractivity contribution < 1.29 is 4.74 Å². The van der Waals surface area contributed by atoms with Crippen molar-refractivity contribution in [2.75, 3.05) is 6.26 Å². The molecular weight excluding hydrogens is 302 g/mol. The van der Waals surface area contributed by atoms with E-state index >= 15 is 0 Å². The molecule has 2 aromatic carbocycles. The zero-order chi connectivity index (χ0) is 16.1. The minimum atomic E-state index is 0.527. The summed E-state index contributed by atoms with van der Waals surface area (Å²) in [7, 11) is 0. The normalized spacial score (nSPS) is 10.5. The van der Waals surface area contributed by atoms with Gasteiger partial charge in [0.05, 0.1) is 5.69 Å². The van der Waals surface area contributed by atoms with Gasteiger partial charge in [0.2, 0.25) is 0 Å². The zero-order valence-electron chi connectivity index (χ0n) is 13.3. The van der Waals surface area contributed by atoms with Gasteiger partial charge in [-0.2, -0.15) is 0 Å². The maximum Gasteiger partial charge on any atom is 0.133 e. The molecule has 1 heterocycles. The highest BCUT2D eigenvalue weighted by molar-refractivity contribution is 7.98. The summed E-state index contributed by atoms with van der Waals surface area (Å²) in [6, 6.07) is 20.6. The lowest BCUT2D eigenvalue weighted by Gasteiger charge is -2.10. The molecular formula is C20H19NOS. The van der Waals surface area contributed by atoms with Gasteiger partial charge in [-0.3, -0.25) is 4.98 Å². The van der Waals surface area contributed by atoms with E-state index in [2.05, 4.69) is 54.6 Å². The van der Waals surface area contributed by atoms with Crippen LogP contribution >= 0.6 is 11.8 Å². The number of benzene rings is 2. The van der Waals surface area contributed by atoms with Gasteiger partial charge in [-0.05, 0) is 31.4 Å². The standard InChI is InChI=1S/C20H19NOS/c1-15-7-10-17(11-8-15)18-12-9-16(13-21-18)14-22-19-5-3-4-6-20(19)23-2/h3-13H,14H2,1-2H3. The number of aryl methyl sites for hydroxylation is 1. The molecule has 0 fully saturated rings. The number of aromatic nitrogens is 1. The molecule has 0 aliphatic heterocycles. The van der Waals surface area contributed by atoms with Crippen LogP contribution in [0.4, 0.5) is 0 Å². The summed E-state index contributed by atoms with van der Waals surface area (Å²) in [4.78, 5) is 5.70. The van der Waals surface area contributed by atoms with E-state index in [1.165, 1.54) is 5.56 Å². The van der Waals surface area contributed by atoms with Gasteiger partial charge in [-0.1, -0.05) is 48.0 Å². The highest BCUT2D eigenvalue weighted by atomic mass is 32.2. The molecule has 3 heteroatoms. The van der Waals surface area contributed by atoms with Crippen molar-refractivity contribution >= 4 is 11.8 Å². The molecule has 0 aliphatic carbocycles. The van der Waals surface area contributed by atoms with Gasteiger partial charge in [0.1, 0.15) is 12.4 Å². The van der Waals surface area contributed by atoms with Crippen molar-refractivity contribution in [2.24, 2.45) is 0 Å². The minimum absolute atomic E-state index is 0.527. The molecule has 0 spiro atoms. The molecule has 1 aromatic heterocycles. The van der Waals surface area contributed by atoms with E-state index in [-0.39, 0.29) is 0 Å². The Balaban J connectivity index is 1.69. The van der Waals surface area contributed by atoms with E-state index in [9.17, 15) is 0 Å². The topological polar surface area (TPSA) is 22.1 Å². The fraction of sp³-hybridized carbons (Fsp3) is 0.150. The van der Waals surface area contributed by atoms with Crippen LogP contribution in [0, 0.1) is 6.92 Å². The number of ether oxygens (including phenoxy) is 1. The third kappa shape index (κ3) is 3.93. The quantitative estimate of drug-likeness (QED) is 0.591. The molecule has 23 heavy (non-hydrogen) atoms. The molecule has 3 rings (SSSR count). The number of rotatable bonds is 5. The molecule has 0 N–H and O–H groups in total. The van der Waals surface area contributed by atoms with Gasteiger partial charge in [0.25, 0.3) is 0 Å². The summed E-state index contributed by atoms with van der Waals surface area (Å²) in [5.41, 5.74) is 4.44. The van der Waals surface area contributed by atoms with E-state index in [0.29, 0.717) is 6.61 Å². The number of pyridine rings is 1. The summed E-state index contributed by atoms with van der Waals surface area (Å²) in [5.74, 6) is 0.919. The van der Waals surface area contributed by atoms with Crippen LogP contribution in [0.1, 0.15) is 11.1 Å². The molecule has 0 atom stereocenters. The van der Waals surface area contributed by atoms with E-state index in [4.69, 9.17) is 4.74 Å². The van der Waals surface area contributed by atoms with Crippen molar-refractivity contribution in [3.8, 4) is 17.0 Å². The Morgan fingerprint density at radius 3 is 2.43 bits per heavy atom. The maximum atomic E-state index is 5.91. The van der Waals surface area contributed by atoms with E-state index in [0.717, 1.165) is 27.5 Å². The largest absolute Gasteiger partial charge is 0.488 e. The lowest BCUT2D eigenvalue weighted by molar-refractivity contribution is 0.298. The number of hydrogen-bond donors (Lipinski definition) is 0. The first-order chi connectivity index (χ1) is 11.3. The Hall–Kier alpha value is -2.26. The number of nitrogens with zero attached hydrogens (tertiary/aromatic N) is 1. The zero-order valence-corrected chi connectivity index (χ0v) is 14.1. The number of thioether (sulfide) groups is 1. The fourth-order valence-electron chi connectivity index (χ4n) is 2.30. The summed E-state index contributed by atoms with van der Waals surface area (Å²) >= 11 is 1.69. The van der Waals surface area contributed by atoms with E-state index in [1.54, 1.807) is 11.8 Å². The molecule has 0 aliphatic rings. The van der Waals surface area contributed by atoms with Crippen molar-refractivity contribution in [3.05, 3.63) is 78.0 Å². The smallest absolute Gasteiger partial charge is 0.133 e. The van der Waals surface area contributed by atoms with Crippen molar-refractivity contribution in [3.63, 3.8) is 0 Å². The first kappa shape index (κ1) is 15.6. The lowest BCUT2D eigenvalue weighted by Crippen LogP contribution is -1.97. The molecule has 3 aromatic rings. The third-order valence-electron chi connectivity index (χ3n) is 3.64. The number of hydrogen-bond acceptors (Lipinski definition) is 3. The van der Waals surface area contributed by atoms with E-state index in [1.807, 2.05) is 30.5 Å². The first-order valence-electron chi connectivity index (χ1n) is 7.54. The van der Waals surface area contributed by atoms with Crippen LogP contribution in [0.25, 0.3) is 11.3 Å². The fourth-order valence-corrected chi connectivity index (χ4v) is 2.85. The van der Waals surface area contributed by atoms with E-state index < -0.39 is 0 Å². The second kappa shape index (κ2) is 7.34. The Morgan fingerprint density at radius 2 is 1.74 bits per heavy atom. The van der Waals surface area contributed by atoms with Crippen LogP contribution in [0.2, 0.25) is 0 Å². The molecule has 0 saturated carbocycles. The summed E-state index contributed by atoms with van der Waals surface area (Å²) < 4.78 is 5.91. The molecule has 2 nitrogen and oxygen atoms in total. The van der Waals surface area contributed by atoms with Gasteiger partial charge in [0.15, 0.2) is 0 Å². The van der Waals surface area contributed by atoms with Crippen molar-refractivity contribution in [1.82, 2.24) is 4.98 Å². The van der Waals surface area contributed by atoms with Crippen LogP contribution in [0.15, 0.2) is 71.8 Å². The van der Waals surface area contributed by atoms with Gasteiger partial charge in [-0.15, -0.1) is 11.8 Å². The summed E-state index contributed by atoms with van der Waals surface area (Å²) in [6.45, 7) is 2.61. The number of para-hydroxylation sites is 1. The average Bonchev–Trinajstić information content (AvgIpc) is 2.61. The molecule has 0 amide bonds. The predicted molar refractivity (Wildman–Crippen MR) is 97.0 cm³/mol. The molecule has 0 bridgehead atoms. The van der Waals surface area contributed by atoms with Crippen LogP contribution in [0.5, 0.6) is 5.75 Å². The Kier molecular flexibility index (Phi) is 4.99. The van der Waals surface area contributed by atoms with Gasteiger partial charge in [-0.25, -0.2) is 0 Å². The SMILES string of the molecule is CSc1ccccc1OCc1ccc(-c2ccc(C)cc2)nc1. The Labute approximate surface area is 141 Å². The Bertz CT molecular complexity index is 766. The highest BCUT2D eigenvalue weighted by Crippen LogP contribution is 2.27. The predicted octanol–water partition coefficient (Wildman–Crippen LogP) is 5.36. The second-order valence-corrected chi connectivity index (χ2v) is 6.21. The van der Waals surface area contributed by atoms with Gasteiger partial charge < -0.3 is 4.74 Å².